The van der Waals surface area contributed by atoms with Gasteiger partial charge in [-0.15, -0.1) is 0 Å². The van der Waals surface area contributed by atoms with Crippen LogP contribution >= 0.6 is 0 Å². The van der Waals surface area contributed by atoms with Crippen molar-refractivity contribution in [2.75, 3.05) is 0 Å². The Bertz CT molecular complexity index is 223. The highest BCUT2D eigenvalue weighted by Crippen LogP contribution is 2.06. The van der Waals surface area contributed by atoms with E-state index in [1.54, 1.807) is 0 Å². The number of ether oxygens (including phenoxy) is 1. The predicted molar refractivity (Wildman–Crippen MR) is 53.1 cm³/mol. The molecule has 0 aromatic rings. The molecule has 0 saturated carbocycles. The van der Waals surface area contributed by atoms with Gasteiger partial charge in [-0.2, -0.15) is 0 Å². The van der Waals surface area contributed by atoms with Crippen LogP contribution in [0.1, 0.15) is 41.0 Å². The van der Waals surface area contributed by atoms with Crippen LogP contribution in [0.4, 0.5) is 0 Å². The van der Waals surface area contributed by atoms with Gasteiger partial charge in [0.15, 0.2) is 0 Å². The molecule has 2 heteroatoms. The van der Waals surface area contributed by atoms with Gasteiger partial charge < -0.3 is 4.74 Å². The fourth-order valence-corrected chi connectivity index (χ4v) is 0.631. The smallest absolute Gasteiger partial charge is 0.384 e. The molecule has 0 radical (unpaired) electrons. The minimum Gasteiger partial charge on any atom is -0.450 e. The largest absolute Gasteiger partial charge is 0.450 e. The van der Waals surface area contributed by atoms with Gasteiger partial charge in [0.2, 0.25) is 0 Å². The van der Waals surface area contributed by atoms with Crippen molar-refractivity contribution in [2.24, 2.45) is 5.92 Å². The number of rotatable bonds is 1. The summed E-state index contributed by atoms with van der Waals surface area (Å²) in [6.45, 7) is 9.60. The van der Waals surface area contributed by atoms with E-state index in [4.69, 9.17) is 4.74 Å². The van der Waals surface area contributed by atoms with Crippen molar-refractivity contribution in [3.8, 4) is 11.8 Å². The van der Waals surface area contributed by atoms with E-state index < -0.39 is 11.6 Å². The SMILES string of the molecule is CC(C)CC#CC(=O)OC(C)(C)C. The number of esters is 1. The van der Waals surface area contributed by atoms with Crippen LogP contribution in [0.3, 0.4) is 0 Å². The predicted octanol–water partition coefficient (Wildman–Crippen LogP) is 2.38. The molecule has 0 aliphatic carbocycles. The molecule has 2 nitrogen and oxygen atoms in total. The first-order chi connectivity index (χ1) is 5.81. The van der Waals surface area contributed by atoms with Gasteiger partial charge in [-0.1, -0.05) is 19.8 Å². The topological polar surface area (TPSA) is 26.3 Å². The van der Waals surface area contributed by atoms with Crippen LogP contribution in [0.2, 0.25) is 0 Å². The third kappa shape index (κ3) is 8.94. The summed E-state index contributed by atoms with van der Waals surface area (Å²) < 4.78 is 5.01. The maximum Gasteiger partial charge on any atom is 0.384 e. The molecular weight excluding hydrogens is 164 g/mol. The summed E-state index contributed by atoms with van der Waals surface area (Å²) in [5.41, 5.74) is -0.441. The van der Waals surface area contributed by atoms with Crippen molar-refractivity contribution < 1.29 is 9.53 Å². The molecule has 0 amide bonds. The summed E-state index contributed by atoms with van der Waals surface area (Å²) in [5, 5.41) is 0. The maximum absolute atomic E-state index is 11.0. The number of carbonyl (C=O) groups excluding carboxylic acids is 1. The second-order valence-electron chi connectivity index (χ2n) is 4.40. The third-order valence-corrected chi connectivity index (χ3v) is 1.10. The Kier molecular flexibility index (Phi) is 4.55. The van der Waals surface area contributed by atoms with Crippen LogP contribution in [0.15, 0.2) is 0 Å². The molecule has 0 bridgehead atoms. The zero-order valence-corrected chi connectivity index (χ0v) is 9.10. The summed E-state index contributed by atoms with van der Waals surface area (Å²) in [7, 11) is 0. The molecule has 74 valence electrons. The first-order valence-corrected chi connectivity index (χ1v) is 4.53. The van der Waals surface area contributed by atoms with Crippen molar-refractivity contribution in [3.05, 3.63) is 0 Å². The fraction of sp³-hybridized carbons (Fsp3) is 0.727. The van der Waals surface area contributed by atoms with E-state index in [2.05, 4.69) is 25.7 Å². The summed E-state index contributed by atoms with van der Waals surface area (Å²) >= 11 is 0. The van der Waals surface area contributed by atoms with E-state index in [9.17, 15) is 4.79 Å². The Morgan fingerprint density at radius 3 is 2.31 bits per heavy atom. The number of hydrogen-bond acceptors (Lipinski definition) is 2. The van der Waals surface area contributed by atoms with E-state index in [1.165, 1.54) is 0 Å². The molecule has 0 aliphatic heterocycles. The molecular formula is C11H18O2. The maximum atomic E-state index is 11.0. The highest BCUT2D eigenvalue weighted by molar-refractivity contribution is 5.88. The molecule has 13 heavy (non-hydrogen) atoms. The van der Waals surface area contributed by atoms with Crippen molar-refractivity contribution in [3.63, 3.8) is 0 Å². The van der Waals surface area contributed by atoms with Crippen LogP contribution in [0, 0.1) is 17.8 Å². The van der Waals surface area contributed by atoms with Gasteiger partial charge >= 0.3 is 5.97 Å². The molecule has 0 N–H and O–H groups in total. The van der Waals surface area contributed by atoms with Crippen molar-refractivity contribution >= 4 is 5.97 Å². The van der Waals surface area contributed by atoms with Crippen LogP contribution in [-0.4, -0.2) is 11.6 Å². The molecule has 0 aliphatic rings. The quantitative estimate of drug-likeness (QED) is 0.353. The minimum absolute atomic E-state index is 0.437. The van der Waals surface area contributed by atoms with Gasteiger partial charge in [-0.3, -0.25) is 0 Å². The monoisotopic (exact) mass is 182 g/mol. The van der Waals surface area contributed by atoms with Crippen LogP contribution < -0.4 is 0 Å². The van der Waals surface area contributed by atoms with Crippen LogP contribution in [0.5, 0.6) is 0 Å². The fourth-order valence-electron chi connectivity index (χ4n) is 0.631. The molecule has 0 saturated heterocycles. The summed E-state index contributed by atoms with van der Waals surface area (Å²) in [6.07, 6.45) is 0.735. The highest BCUT2D eigenvalue weighted by Gasteiger charge is 2.13. The highest BCUT2D eigenvalue weighted by atomic mass is 16.6. The first kappa shape index (κ1) is 12.0. The second-order valence-corrected chi connectivity index (χ2v) is 4.40. The lowest BCUT2D eigenvalue weighted by Crippen LogP contribution is -2.22. The Morgan fingerprint density at radius 2 is 1.92 bits per heavy atom. The van der Waals surface area contributed by atoms with Crippen LogP contribution in [-0.2, 0) is 9.53 Å². The molecule has 0 rings (SSSR count). The van der Waals surface area contributed by atoms with Gasteiger partial charge in [0, 0.05) is 12.3 Å². The van der Waals surface area contributed by atoms with Gasteiger partial charge in [0.25, 0.3) is 0 Å². The van der Waals surface area contributed by atoms with E-state index in [0.717, 1.165) is 6.42 Å². The molecule has 0 spiro atoms. The van der Waals surface area contributed by atoms with Gasteiger partial charge in [-0.25, -0.2) is 4.79 Å². The standard InChI is InChI=1S/C11H18O2/c1-9(2)7-6-8-10(12)13-11(3,4)5/h9H,7H2,1-5H3. The molecule has 0 fully saturated rings. The minimum atomic E-state index is -0.441. The first-order valence-electron chi connectivity index (χ1n) is 4.53. The molecule has 0 aromatic carbocycles. The molecule has 0 heterocycles. The van der Waals surface area contributed by atoms with Gasteiger partial charge in [0.05, 0.1) is 0 Å². The summed E-state index contributed by atoms with van der Waals surface area (Å²) in [4.78, 5) is 11.0. The molecule has 0 aromatic heterocycles. The Balaban J connectivity index is 3.92. The van der Waals surface area contributed by atoms with Gasteiger partial charge in [0.1, 0.15) is 5.60 Å². The number of carbonyl (C=O) groups is 1. The summed E-state index contributed by atoms with van der Waals surface area (Å²) in [6, 6.07) is 0. The lowest BCUT2D eigenvalue weighted by molar-refractivity contribution is -0.147. The zero-order chi connectivity index (χ0) is 10.5. The van der Waals surface area contributed by atoms with E-state index in [0.29, 0.717) is 5.92 Å². The average Bonchev–Trinajstić information content (AvgIpc) is 1.81. The Labute approximate surface area is 80.7 Å². The lowest BCUT2D eigenvalue weighted by atomic mass is 10.1. The molecule has 0 atom stereocenters. The normalized spacial score (nSPS) is 10.6. The third-order valence-electron chi connectivity index (χ3n) is 1.10. The van der Waals surface area contributed by atoms with Crippen molar-refractivity contribution in [2.45, 2.75) is 46.6 Å². The van der Waals surface area contributed by atoms with Crippen LogP contribution in [0.25, 0.3) is 0 Å². The van der Waals surface area contributed by atoms with E-state index in [-0.39, 0.29) is 0 Å². The average molecular weight is 182 g/mol. The van der Waals surface area contributed by atoms with E-state index >= 15 is 0 Å². The summed E-state index contributed by atoms with van der Waals surface area (Å²) in [5.74, 6) is 5.30. The Hall–Kier alpha value is -0.970. The number of hydrogen-bond donors (Lipinski definition) is 0. The second kappa shape index (κ2) is 4.91. The lowest BCUT2D eigenvalue weighted by Gasteiger charge is -2.16. The molecule has 0 unspecified atom stereocenters. The zero-order valence-electron chi connectivity index (χ0n) is 9.10. The van der Waals surface area contributed by atoms with Gasteiger partial charge in [-0.05, 0) is 26.7 Å². The van der Waals surface area contributed by atoms with Crippen molar-refractivity contribution in [1.82, 2.24) is 0 Å². The Morgan fingerprint density at radius 1 is 1.38 bits per heavy atom. The van der Waals surface area contributed by atoms with Crippen molar-refractivity contribution in [1.29, 1.82) is 0 Å². The van der Waals surface area contributed by atoms with E-state index in [1.807, 2.05) is 20.8 Å².